The van der Waals surface area contributed by atoms with Crippen LogP contribution in [0.1, 0.15) is 0 Å². The molecule has 1 aliphatic heterocycles. The van der Waals surface area contributed by atoms with Crippen LogP contribution in [0.15, 0.2) is 30.6 Å². The number of anilines is 1. The topological polar surface area (TPSA) is 56.1 Å². The molecule has 2 heterocycles. The van der Waals surface area contributed by atoms with Gasteiger partial charge in [0.1, 0.15) is 12.1 Å². The Labute approximate surface area is 112 Å². The lowest BCUT2D eigenvalue weighted by molar-refractivity contribution is 0.286. The molecule has 19 heavy (non-hydrogen) atoms. The average Bonchev–Trinajstić information content (AvgIpc) is 2.48. The molecule has 1 aromatic carbocycles. The normalized spacial score (nSPS) is 16.5. The van der Waals surface area contributed by atoms with E-state index in [4.69, 9.17) is 5.26 Å². The minimum Gasteiger partial charge on any atom is -0.353 e. The first-order valence-electron chi connectivity index (χ1n) is 6.42. The fourth-order valence-electron chi connectivity index (χ4n) is 2.46. The second-order valence-corrected chi connectivity index (χ2v) is 4.64. The number of para-hydroxylation sites is 1. The van der Waals surface area contributed by atoms with Crippen LogP contribution in [-0.2, 0) is 0 Å². The van der Waals surface area contributed by atoms with Crippen LogP contribution in [0.25, 0.3) is 10.9 Å². The minimum absolute atomic E-state index is 0.512. The summed E-state index contributed by atoms with van der Waals surface area (Å²) < 4.78 is 0. The van der Waals surface area contributed by atoms with Crippen molar-refractivity contribution in [1.29, 1.82) is 5.26 Å². The Morgan fingerprint density at radius 3 is 2.68 bits per heavy atom. The van der Waals surface area contributed by atoms with Gasteiger partial charge in [-0.25, -0.2) is 9.97 Å². The second kappa shape index (κ2) is 5.21. The number of nitrogens with zero attached hydrogens (tertiary/aromatic N) is 5. The van der Waals surface area contributed by atoms with Crippen molar-refractivity contribution in [1.82, 2.24) is 14.9 Å². The lowest BCUT2D eigenvalue weighted by Gasteiger charge is -2.34. The van der Waals surface area contributed by atoms with E-state index in [0.29, 0.717) is 6.54 Å². The first kappa shape index (κ1) is 11.9. The molecule has 5 nitrogen and oxygen atoms in total. The van der Waals surface area contributed by atoms with Crippen molar-refractivity contribution >= 4 is 16.7 Å². The number of hydrogen-bond donors (Lipinski definition) is 0. The molecule has 1 fully saturated rings. The Hall–Kier alpha value is -2.19. The quantitative estimate of drug-likeness (QED) is 0.754. The number of piperazine rings is 1. The van der Waals surface area contributed by atoms with E-state index in [9.17, 15) is 0 Å². The van der Waals surface area contributed by atoms with Gasteiger partial charge in [-0.15, -0.1) is 0 Å². The van der Waals surface area contributed by atoms with Gasteiger partial charge < -0.3 is 4.90 Å². The van der Waals surface area contributed by atoms with E-state index in [2.05, 4.69) is 31.9 Å². The highest BCUT2D eigenvalue weighted by Crippen LogP contribution is 2.23. The fourth-order valence-corrected chi connectivity index (χ4v) is 2.46. The second-order valence-electron chi connectivity index (χ2n) is 4.64. The van der Waals surface area contributed by atoms with Gasteiger partial charge in [0.2, 0.25) is 0 Å². The lowest BCUT2D eigenvalue weighted by Crippen LogP contribution is -2.46. The summed E-state index contributed by atoms with van der Waals surface area (Å²) in [6.07, 6.45) is 1.62. The number of nitriles is 1. The summed E-state index contributed by atoms with van der Waals surface area (Å²) in [4.78, 5) is 13.2. The molecule has 5 heteroatoms. The molecule has 96 valence electrons. The van der Waals surface area contributed by atoms with Crippen molar-refractivity contribution in [3.05, 3.63) is 30.6 Å². The van der Waals surface area contributed by atoms with Crippen LogP contribution in [0.4, 0.5) is 5.82 Å². The van der Waals surface area contributed by atoms with Gasteiger partial charge in [-0.2, -0.15) is 5.26 Å². The van der Waals surface area contributed by atoms with Crippen molar-refractivity contribution in [2.75, 3.05) is 37.6 Å². The zero-order chi connectivity index (χ0) is 13.1. The van der Waals surface area contributed by atoms with Crippen molar-refractivity contribution in [3.8, 4) is 6.07 Å². The van der Waals surface area contributed by atoms with Crippen LogP contribution in [0, 0.1) is 11.3 Å². The fraction of sp³-hybridized carbons (Fsp3) is 0.357. The monoisotopic (exact) mass is 253 g/mol. The van der Waals surface area contributed by atoms with Gasteiger partial charge in [0.15, 0.2) is 0 Å². The first-order chi connectivity index (χ1) is 9.38. The maximum atomic E-state index is 8.72. The van der Waals surface area contributed by atoms with E-state index in [1.165, 1.54) is 0 Å². The summed E-state index contributed by atoms with van der Waals surface area (Å²) in [5.41, 5.74) is 0.979. The van der Waals surface area contributed by atoms with Gasteiger partial charge in [-0.3, -0.25) is 4.90 Å². The number of rotatable bonds is 2. The number of hydrogen-bond acceptors (Lipinski definition) is 5. The standard InChI is InChI=1S/C14H15N5/c15-5-6-18-7-9-19(10-8-18)14-12-3-1-2-4-13(12)16-11-17-14/h1-4,11H,6-10H2. The molecule has 0 amide bonds. The molecule has 3 rings (SSSR count). The molecule has 0 N–H and O–H groups in total. The van der Waals surface area contributed by atoms with Crippen LogP contribution < -0.4 is 4.90 Å². The molecule has 0 bridgehead atoms. The van der Waals surface area contributed by atoms with Gasteiger partial charge in [0.05, 0.1) is 18.1 Å². The predicted octanol–water partition coefficient (Wildman–Crippen LogP) is 1.28. The Bertz CT molecular complexity index is 605. The molecule has 1 aliphatic rings. The average molecular weight is 253 g/mol. The van der Waals surface area contributed by atoms with Crippen LogP contribution in [0.3, 0.4) is 0 Å². The summed E-state index contributed by atoms with van der Waals surface area (Å²) in [6, 6.07) is 10.3. The highest BCUT2D eigenvalue weighted by molar-refractivity contribution is 5.89. The summed E-state index contributed by atoms with van der Waals surface area (Å²) in [6.45, 7) is 4.14. The molecule has 0 spiro atoms. The summed E-state index contributed by atoms with van der Waals surface area (Å²) in [7, 11) is 0. The van der Waals surface area contributed by atoms with Gasteiger partial charge in [-0.05, 0) is 12.1 Å². The summed E-state index contributed by atoms with van der Waals surface area (Å²) >= 11 is 0. The lowest BCUT2D eigenvalue weighted by atomic mass is 10.2. The third-order valence-electron chi connectivity index (χ3n) is 3.49. The van der Waals surface area contributed by atoms with Gasteiger partial charge in [0.25, 0.3) is 0 Å². The molecule has 0 atom stereocenters. The van der Waals surface area contributed by atoms with E-state index in [-0.39, 0.29) is 0 Å². The zero-order valence-corrected chi connectivity index (χ0v) is 10.7. The number of aromatic nitrogens is 2. The molecule has 1 saturated heterocycles. The van der Waals surface area contributed by atoms with E-state index >= 15 is 0 Å². The third kappa shape index (κ3) is 2.35. The molecular weight excluding hydrogens is 238 g/mol. The van der Waals surface area contributed by atoms with Crippen LogP contribution >= 0.6 is 0 Å². The molecule has 0 radical (unpaired) electrons. The van der Waals surface area contributed by atoms with Crippen molar-refractivity contribution in [3.63, 3.8) is 0 Å². The number of benzene rings is 1. The summed E-state index contributed by atoms with van der Waals surface area (Å²) in [5.74, 6) is 1.00. The Balaban J connectivity index is 1.84. The third-order valence-corrected chi connectivity index (χ3v) is 3.49. The maximum absolute atomic E-state index is 8.72. The van der Waals surface area contributed by atoms with E-state index in [0.717, 1.165) is 42.9 Å². The molecule has 0 aliphatic carbocycles. The largest absolute Gasteiger partial charge is 0.353 e. The zero-order valence-electron chi connectivity index (χ0n) is 10.7. The maximum Gasteiger partial charge on any atom is 0.139 e. The van der Waals surface area contributed by atoms with E-state index in [1.54, 1.807) is 6.33 Å². The summed E-state index contributed by atoms with van der Waals surface area (Å²) in [5, 5.41) is 9.81. The smallest absolute Gasteiger partial charge is 0.139 e. The van der Waals surface area contributed by atoms with Crippen molar-refractivity contribution < 1.29 is 0 Å². The Morgan fingerprint density at radius 2 is 1.89 bits per heavy atom. The minimum atomic E-state index is 0.512. The van der Waals surface area contributed by atoms with Crippen LogP contribution in [0.5, 0.6) is 0 Å². The van der Waals surface area contributed by atoms with Crippen molar-refractivity contribution in [2.45, 2.75) is 0 Å². The van der Waals surface area contributed by atoms with E-state index < -0.39 is 0 Å². The van der Waals surface area contributed by atoms with Gasteiger partial charge in [-0.1, -0.05) is 12.1 Å². The Morgan fingerprint density at radius 1 is 1.11 bits per heavy atom. The van der Waals surface area contributed by atoms with Crippen molar-refractivity contribution in [2.24, 2.45) is 0 Å². The molecule has 0 saturated carbocycles. The van der Waals surface area contributed by atoms with Crippen LogP contribution in [0.2, 0.25) is 0 Å². The first-order valence-corrected chi connectivity index (χ1v) is 6.42. The van der Waals surface area contributed by atoms with Crippen LogP contribution in [-0.4, -0.2) is 47.6 Å². The predicted molar refractivity (Wildman–Crippen MR) is 73.8 cm³/mol. The highest BCUT2D eigenvalue weighted by Gasteiger charge is 2.19. The SMILES string of the molecule is N#CCN1CCN(c2ncnc3ccccc23)CC1. The number of fused-ring (bicyclic) bond motifs is 1. The van der Waals surface area contributed by atoms with Gasteiger partial charge in [0, 0.05) is 31.6 Å². The molecular formula is C14H15N5. The highest BCUT2D eigenvalue weighted by atomic mass is 15.3. The van der Waals surface area contributed by atoms with Gasteiger partial charge >= 0.3 is 0 Å². The molecule has 0 unspecified atom stereocenters. The molecule has 2 aromatic rings. The Kier molecular flexibility index (Phi) is 3.25. The van der Waals surface area contributed by atoms with E-state index in [1.807, 2.05) is 18.2 Å². The molecule has 1 aromatic heterocycles.